The quantitative estimate of drug-likeness (QED) is 0.839. The lowest BCUT2D eigenvalue weighted by molar-refractivity contribution is 0.402. The molecule has 1 saturated heterocycles. The number of hydrogen-bond acceptors (Lipinski definition) is 4. The number of halogens is 1. The van der Waals surface area contributed by atoms with Gasteiger partial charge < -0.3 is 10.1 Å². The first kappa shape index (κ1) is 15.6. The summed E-state index contributed by atoms with van der Waals surface area (Å²) in [5.74, 6) is 0.254. The first-order chi connectivity index (χ1) is 9.53. The van der Waals surface area contributed by atoms with E-state index in [0.717, 1.165) is 25.8 Å². The molecule has 1 aliphatic rings. The Morgan fingerprint density at radius 3 is 2.95 bits per heavy atom. The zero-order valence-corrected chi connectivity index (χ0v) is 12.9. The van der Waals surface area contributed by atoms with Crippen LogP contribution in [-0.2, 0) is 10.0 Å². The van der Waals surface area contributed by atoms with E-state index >= 15 is 0 Å². The monoisotopic (exact) mass is 318 g/mol. The van der Waals surface area contributed by atoms with Crippen LogP contribution in [0.3, 0.4) is 0 Å². The molecular formula is C13H19ClN2O3S. The van der Waals surface area contributed by atoms with Gasteiger partial charge in [-0.2, -0.15) is 0 Å². The number of ether oxygens (including phenoxy) is 1. The standard InChI is InChI=1S/C13H19ClN2O3S/c1-19-12-9-10(14)4-5-13(12)20(17,18)16-8-6-11-3-2-7-15-11/h4-5,9,11,15-16H,2-3,6-8H2,1H3/t11-/m0/s1. The fourth-order valence-electron chi connectivity index (χ4n) is 2.31. The maximum absolute atomic E-state index is 12.2. The third-order valence-corrected chi connectivity index (χ3v) is 5.10. The molecule has 0 aliphatic carbocycles. The van der Waals surface area contributed by atoms with Gasteiger partial charge in [0.2, 0.25) is 10.0 Å². The summed E-state index contributed by atoms with van der Waals surface area (Å²) in [6, 6.07) is 4.90. The summed E-state index contributed by atoms with van der Waals surface area (Å²) in [6.45, 7) is 1.42. The average Bonchev–Trinajstić information content (AvgIpc) is 2.91. The lowest BCUT2D eigenvalue weighted by atomic mass is 10.2. The highest BCUT2D eigenvalue weighted by Gasteiger charge is 2.20. The van der Waals surface area contributed by atoms with Crippen LogP contribution in [0.25, 0.3) is 0 Å². The zero-order valence-electron chi connectivity index (χ0n) is 11.4. The molecule has 0 bridgehead atoms. The van der Waals surface area contributed by atoms with Crippen molar-refractivity contribution in [3.05, 3.63) is 23.2 Å². The topological polar surface area (TPSA) is 67.4 Å². The Hall–Kier alpha value is -0.820. The molecule has 2 N–H and O–H groups in total. The van der Waals surface area contributed by atoms with Crippen LogP contribution in [0.1, 0.15) is 19.3 Å². The summed E-state index contributed by atoms with van der Waals surface area (Å²) in [4.78, 5) is 0.115. The van der Waals surface area contributed by atoms with Gasteiger partial charge in [-0.1, -0.05) is 11.6 Å². The molecule has 0 amide bonds. The van der Waals surface area contributed by atoms with Gasteiger partial charge in [0.1, 0.15) is 10.6 Å². The van der Waals surface area contributed by atoms with Crippen molar-refractivity contribution in [3.8, 4) is 5.75 Å². The minimum absolute atomic E-state index is 0.115. The van der Waals surface area contributed by atoms with Gasteiger partial charge in [0.05, 0.1) is 7.11 Å². The fraction of sp³-hybridized carbons (Fsp3) is 0.538. The number of rotatable bonds is 6. The Bertz CT molecular complexity index is 557. The van der Waals surface area contributed by atoms with Crippen LogP contribution in [-0.4, -0.2) is 34.7 Å². The third kappa shape index (κ3) is 3.85. The van der Waals surface area contributed by atoms with Crippen molar-refractivity contribution in [1.29, 1.82) is 0 Å². The molecule has 5 nitrogen and oxygen atoms in total. The smallest absolute Gasteiger partial charge is 0.244 e. The van der Waals surface area contributed by atoms with Crippen molar-refractivity contribution in [3.63, 3.8) is 0 Å². The number of nitrogens with one attached hydrogen (secondary N) is 2. The summed E-state index contributed by atoms with van der Waals surface area (Å²) in [7, 11) is -2.15. The maximum atomic E-state index is 12.2. The van der Waals surface area contributed by atoms with Gasteiger partial charge >= 0.3 is 0 Å². The van der Waals surface area contributed by atoms with Gasteiger partial charge in [-0.05, 0) is 37.9 Å². The molecule has 112 valence electrons. The van der Waals surface area contributed by atoms with Crippen LogP contribution in [0.5, 0.6) is 5.75 Å². The Kier molecular flexibility index (Phi) is 5.26. The fourth-order valence-corrected chi connectivity index (χ4v) is 3.67. The van der Waals surface area contributed by atoms with Crippen molar-refractivity contribution < 1.29 is 13.2 Å². The Labute approximate surface area is 124 Å². The molecule has 20 heavy (non-hydrogen) atoms. The van der Waals surface area contributed by atoms with Crippen molar-refractivity contribution >= 4 is 21.6 Å². The molecule has 1 heterocycles. The van der Waals surface area contributed by atoms with E-state index in [1.807, 2.05) is 0 Å². The molecule has 0 aromatic heterocycles. The number of benzene rings is 1. The molecular weight excluding hydrogens is 300 g/mol. The van der Waals surface area contributed by atoms with Crippen LogP contribution < -0.4 is 14.8 Å². The van der Waals surface area contributed by atoms with E-state index in [9.17, 15) is 8.42 Å². The molecule has 1 fully saturated rings. The summed E-state index contributed by atoms with van der Waals surface area (Å²) in [5, 5.41) is 3.78. The third-order valence-electron chi connectivity index (χ3n) is 3.36. The van der Waals surface area contributed by atoms with E-state index in [-0.39, 0.29) is 10.6 Å². The van der Waals surface area contributed by atoms with Crippen LogP contribution in [0.4, 0.5) is 0 Å². The zero-order chi connectivity index (χ0) is 14.6. The maximum Gasteiger partial charge on any atom is 0.244 e. The normalized spacial score (nSPS) is 19.2. The van der Waals surface area contributed by atoms with Gasteiger partial charge in [0, 0.05) is 23.7 Å². The Morgan fingerprint density at radius 2 is 2.30 bits per heavy atom. The van der Waals surface area contributed by atoms with E-state index in [0.29, 0.717) is 17.6 Å². The number of hydrogen-bond donors (Lipinski definition) is 2. The molecule has 1 atom stereocenters. The predicted molar refractivity (Wildman–Crippen MR) is 78.8 cm³/mol. The molecule has 1 aliphatic heterocycles. The van der Waals surface area contributed by atoms with Gasteiger partial charge in [-0.25, -0.2) is 13.1 Å². The summed E-state index contributed by atoms with van der Waals surface area (Å²) < 4.78 is 32.2. The van der Waals surface area contributed by atoms with Crippen molar-refractivity contribution in [1.82, 2.24) is 10.0 Å². The molecule has 0 radical (unpaired) electrons. The lowest BCUT2D eigenvalue weighted by Gasteiger charge is -2.13. The number of methoxy groups -OCH3 is 1. The second-order valence-corrected chi connectivity index (χ2v) is 6.95. The summed E-state index contributed by atoms with van der Waals surface area (Å²) in [6.07, 6.45) is 3.05. The molecule has 1 aromatic rings. The second-order valence-electron chi connectivity index (χ2n) is 4.77. The van der Waals surface area contributed by atoms with Gasteiger partial charge in [0.15, 0.2) is 0 Å². The predicted octanol–water partition coefficient (Wildman–Crippen LogP) is 1.77. The Balaban J connectivity index is 2.02. The van der Waals surface area contributed by atoms with Gasteiger partial charge in [-0.15, -0.1) is 0 Å². The molecule has 1 aromatic carbocycles. The minimum atomic E-state index is -3.57. The molecule has 0 unspecified atom stereocenters. The summed E-state index contributed by atoms with van der Waals surface area (Å²) in [5.41, 5.74) is 0. The van der Waals surface area contributed by atoms with E-state index in [1.54, 1.807) is 0 Å². The van der Waals surface area contributed by atoms with Crippen LogP contribution >= 0.6 is 11.6 Å². The molecule has 0 saturated carbocycles. The van der Waals surface area contributed by atoms with E-state index in [4.69, 9.17) is 16.3 Å². The van der Waals surface area contributed by atoms with Crippen LogP contribution in [0, 0.1) is 0 Å². The van der Waals surface area contributed by atoms with E-state index in [2.05, 4.69) is 10.0 Å². The summed E-state index contributed by atoms with van der Waals surface area (Å²) >= 11 is 5.83. The van der Waals surface area contributed by atoms with Crippen molar-refractivity contribution in [2.75, 3.05) is 20.2 Å². The average molecular weight is 319 g/mol. The highest BCUT2D eigenvalue weighted by molar-refractivity contribution is 7.89. The van der Waals surface area contributed by atoms with E-state index in [1.165, 1.54) is 25.3 Å². The molecule has 2 rings (SSSR count). The number of sulfonamides is 1. The largest absolute Gasteiger partial charge is 0.495 e. The van der Waals surface area contributed by atoms with Crippen LogP contribution in [0.2, 0.25) is 5.02 Å². The van der Waals surface area contributed by atoms with Crippen molar-refractivity contribution in [2.45, 2.75) is 30.2 Å². The highest BCUT2D eigenvalue weighted by atomic mass is 35.5. The Morgan fingerprint density at radius 1 is 1.50 bits per heavy atom. The minimum Gasteiger partial charge on any atom is -0.495 e. The van der Waals surface area contributed by atoms with Crippen molar-refractivity contribution in [2.24, 2.45) is 0 Å². The lowest BCUT2D eigenvalue weighted by Crippen LogP contribution is -2.30. The first-order valence-electron chi connectivity index (χ1n) is 6.59. The van der Waals surface area contributed by atoms with Gasteiger partial charge in [-0.3, -0.25) is 0 Å². The van der Waals surface area contributed by atoms with Crippen LogP contribution in [0.15, 0.2) is 23.1 Å². The highest BCUT2D eigenvalue weighted by Crippen LogP contribution is 2.26. The first-order valence-corrected chi connectivity index (χ1v) is 8.45. The second kappa shape index (κ2) is 6.76. The molecule has 7 heteroatoms. The SMILES string of the molecule is COc1cc(Cl)ccc1S(=O)(=O)NCC[C@@H]1CCCN1. The van der Waals surface area contributed by atoms with Gasteiger partial charge in [0.25, 0.3) is 0 Å². The van der Waals surface area contributed by atoms with E-state index < -0.39 is 10.0 Å². The molecule has 0 spiro atoms.